The maximum absolute atomic E-state index is 11.2. The SMILES string of the molecule is CO[C@H]1CN(S(C)(=O)=O)C[C@@]12CO2. The van der Waals surface area contributed by atoms with E-state index >= 15 is 0 Å². The van der Waals surface area contributed by atoms with Crippen LogP contribution in [0.5, 0.6) is 0 Å². The van der Waals surface area contributed by atoms with E-state index in [0.29, 0.717) is 19.7 Å². The smallest absolute Gasteiger partial charge is 0.211 e. The molecular weight excluding hydrogens is 194 g/mol. The Morgan fingerprint density at radius 2 is 2.23 bits per heavy atom. The average Bonchev–Trinajstić information content (AvgIpc) is 2.62. The summed E-state index contributed by atoms with van der Waals surface area (Å²) in [6, 6.07) is 0. The van der Waals surface area contributed by atoms with Gasteiger partial charge in [0.15, 0.2) is 0 Å². The molecule has 0 aromatic carbocycles. The molecule has 0 saturated carbocycles. The van der Waals surface area contributed by atoms with Crippen LogP contribution in [0.1, 0.15) is 0 Å². The topological polar surface area (TPSA) is 59.1 Å². The van der Waals surface area contributed by atoms with Gasteiger partial charge in [0.1, 0.15) is 11.7 Å². The van der Waals surface area contributed by atoms with Crippen LogP contribution in [0.2, 0.25) is 0 Å². The highest BCUT2D eigenvalue weighted by atomic mass is 32.2. The highest BCUT2D eigenvalue weighted by Crippen LogP contribution is 2.39. The first-order valence-electron chi connectivity index (χ1n) is 4.10. The van der Waals surface area contributed by atoms with E-state index < -0.39 is 10.0 Å². The van der Waals surface area contributed by atoms with Gasteiger partial charge in [0.2, 0.25) is 10.0 Å². The third-order valence-electron chi connectivity index (χ3n) is 2.67. The Morgan fingerprint density at radius 3 is 2.54 bits per heavy atom. The van der Waals surface area contributed by atoms with Gasteiger partial charge in [0, 0.05) is 20.2 Å². The average molecular weight is 207 g/mol. The van der Waals surface area contributed by atoms with Crippen LogP contribution < -0.4 is 0 Å². The summed E-state index contributed by atoms with van der Waals surface area (Å²) in [6.45, 7) is 1.46. The van der Waals surface area contributed by atoms with Crippen LogP contribution in [0, 0.1) is 0 Å². The fraction of sp³-hybridized carbons (Fsp3) is 1.00. The van der Waals surface area contributed by atoms with E-state index in [9.17, 15) is 8.42 Å². The lowest BCUT2D eigenvalue weighted by Crippen LogP contribution is -2.29. The number of hydrogen-bond donors (Lipinski definition) is 0. The molecule has 76 valence electrons. The van der Waals surface area contributed by atoms with Crippen molar-refractivity contribution in [2.75, 3.05) is 33.1 Å². The zero-order chi connectivity index (χ0) is 9.69. The van der Waals surface area contributed by atoms with Gasteiger partial charge in [-0.25, -0.2) is 8.42 Å². The van der Waals surface area contributed by atoms with Crippen LogP contribution in [-0.4, -0.2) is 57.5 Å². The largest absolute Gasteiger partial charge is 0.377 e. The molecule has 0 N–H and O–H groups in total. The second-order valence-electron chi connectivity index (χ2n) is 3.63. The molecule has 0 aliphatic carbocycles. The lowest BCUT2D eigenvalue weighted by molar-refractivity contribution is 0.0614. The van der Waals surface area contributed by atoms with Gasteiger partial charge in [-0.1, -0.05) is 0 Å². The molecule has 0 aromatic heterocycles. The van der Waals surface area contributed by atoms with Crippen molar-refractivity contribution in [1.29, 1.82) is 0 Å². The quantitative estimate of drug-likeness (QED) is 0.547. The van der Waals surface area contributed by atoms with E-state index in [1.54, 1.807) is 7.11 Å². The number of sulfonamides is 1. The van der Waals surface area contributed by atoms with Crippen LogP contribution in [-0.2, 0) is 19.5 Å². The Bertz CT molecular complexity index is 308. The van der Waals surface area contributed by atoms with Crippen LogP contribution >= 0.6 is 0 Å². The summed E-state index contributed by atoms with van der Waals surface area (Å²) in [4.78, 5) is 0. The van der Waals surface area contributed by atoms with Gasteiger partial charge >= 0.3 is 0 Å². The molecule has 2 heterocycles. The van der Waals surface area contributed by atoms with Crippen LogP contribution in [0.15, 0.2) is 0 Å². The van der Waals surface area contributed by atoms with E-state index in [4.69, 9.17) is 9.47 Å². The lowest BCUT2D eigenvalue weighted by atomic mass is 10.1. The summed E-state index contributed by atoms with van der Waals surface area (Å²) in [6.07, 6.45) is 1.10. The molecule has 0 amide bonds. The van der Waals surface area contributed by atoms with Crippen LogP contribution in [0.25, 0.3) is 0 Å². The van der Waals surface area contributed by atoms with Gasteiger partial charge in [0.25, 0.3) is 0 Å². The molecule has 5 nitrogen and oxygen atoms in total. The van der Waals surface area contributed by atoms with Crippen molar-refractivity contribution < 1.29 is 17.9 Å². The van der Waals surface area contributed by atoms with E-state index in [2.05, 4.69) is 0 Å². The van der Waals surface area contributed by atoms with E-state index in [0.717, 1.165) is 0 Å². The monoisotopic (exact) mass is 207 g/mol. The Balaban J connectivity index is 2.15. The molecule has 0 bridgehead atoms. The summed E-state index contributed by atoms with van der Waals surface area (Å²) in [5, 5.41) is 0. The second kappa shape index (κ2) is 2.66. The van der Waals surface area contributed by atoms with Crippen molar-refractivity contribution in [3.05, 3.63) is 0 Å². The van der Waals surface area contributed by atoms with Gasteiger partial charge in [-0.3, -0.25) is 0 Å². The predicted molar refractivity (Wildman–Crippen MR) is 45.9 cm³/mol. The van der Waals surface area contributed by atoms with Gasteiger partial charge in [0.05, 0.1) is 12.9 Å². The molecule has 2 atom stereocenters. The maximum Gasteiger partial charge on any atom is 0.211 e. The molecule has 2 rings (SSSR count). The summed E-state index contributed by atoms with van der Waals surface area (Å²) in [7, 11) is -1.52. The van der Waals surface area contributed by atoms with Crippen LogP contribution in [0.3, 0.4) is 0 Å². The van der Waals surface area contributed by atoms with E-state index in [1.807, 2.05) is 0 Å². The zero-order valence-electron chi connectivity index (χ0n) is 7.69. The van der Waals surface area contributed by atoms with Crippen molar-refractivity contribution in [1.82, 2.24) is 4.31 Å². The molecule has 0 aromatic rings. The number of rotatable bonds is 2. The van der Waals surface area contributed by atoms with E-state index in [-0.39, 0.29) is 11.7 Å². The molecule has 0 unspecified atom stereocenters. The summed E-state index contributed by atoms with van der Waals surface area (Å²) in [5.74, 6) is 0. The molecule has 2 aliphatic heterocycles. The standard InChI is InChI=1S/C7H13NO4S/c1-11-6-3-8(13(2,9)10)4-7(6)5-12-7/h6H,3-5H2,1-2H3/t6-,7+/m0/s1. The first-order valence-corrected chi connectivity index (χ1v) is 5.95. The molecule has 2 saturated heterocycles. The third-order valence-corrected chi connectivity index (χ3v) is 3.89. The Hall–Kier alpha value is -0.170. The lowest BCUT2D eigenvalue weighted by Gasteiger charge is -2.11. The van der Waals surface area contributed by atoms with Crippen molar-refractivity contribution in [2.24, 2.45) is 0 Å². The number of hydrogen-bond acceptors (Lipinski definition) is 4. The molecule has 0 radical (unpaired) electrons. The minimum atomic E-state index is -3.10. The third kappa shape index (κ3) is 1.48. The maximum atomic E-state index is 11.2. The molecule has 2 fully saturated rings. The Labute approximate surface area is 77.7 Å². The highest BCUT2D eigenvalue weighted by Gasteiger charge is 2.59. The summed E-state index contributed by atoms with van der Waals surface area (Å²) >= 11 is 0. The second-order valence-corrected chi connectivity index (χ2v) is 5.62. The summed E-state index contributed by atoms with van der Waals surface area (Å²) < 4.78 is 34.3. The molecule has 1 spiro atoms. The fourth-order valence-electron chi connectivity index (χ4n) is 1.73. The van der Waals surface area contributed by atoms with Crippen molar-refractivity contribution >= 4 is 10.0 Å². The molecule has 6 heteroatoms. The first-order chi connectivity index (χ1) is 5.98. The van der Waals surface area contributed by atoms with Crippen molar-refractivity contribution in [3.8, 4) is 0 Å². The highest BCUT2D eigenvalue weighted by molar-refractivity contribution is 7.88. The normalized spacial score (nSPS) is 40.0. The number of nitrogens with zero attached hydrogens (tertiary/aromatic N) is 1. The Morgan fingerprint density at radius 1 is 1.62 bits per heavy atom. The van der Waals surface area contributed by atoms with Crippen LogP contribution in [0.4, 0.5) is 0 Å². The predicted octanol–water partition coefficient (Wildman–Crippen LogP) is -0.954. The van der Waals surface area contributed by atoms with Crippen molar-refractivity contribution in [2.45, 2.75) is 11.7 Å². The van der Waals surface area contributed by atoms with Gasteiger partial charge in [-0.2, -0.15) is 4.31 Å². The molecule has 2 aliphatic rings. The Kier molecular flexibility index (Phi) is 1.92. The first kappa shape index (κ1) is 9.39. The van der Waals surface area contributed by atoms with E-state index in [1.165, 1.54) is 10.6 Å². The number of methoxy groups -OCH3 is 1. The minimum Gasteiger partial charge on any atom is -0.377 e. The fourth-order valence-corrected chi connectivity index (χ4v) is 2.59. The molecular formula is C7H13NO4S. The number of epoxide rings is 1. The van der Waals surface area contributed by atoms with Gasteiger partial charge in [-0.05, 0) is 0 Å². The van der Waals surface area contributed by atoms with Gasteiger partial charge < -0.3 is 9.47 Å². The zero-order valence-corrected chi connectivity index (χ0v) is 8.50. The summed E-state index contributed by atoms with van der Waals surface area (Å²) in [5.41, 5.74) is -0.335. The van der Waals surface area contributed by atoms with Crippen molar-refractivity contribution in [3.63, 3.8) is 0 Å². The number of ether oxygens (including phenoxy) is 2. The minimum absolute atomic E-state index is 0.109. The van der Waals surface area contributed by atoms with Gasteiger partial charge in [-0.15, -0.1) is 0 Å². The molecule has 13 heavy (non-hydrogen) atoms.